The van der Waals surface area contributed by atoms with E-state index in [-0.39, 0.29) is 5.91 Å². The maximum absolute atomic E-state index is 12.4. The van der Waals surface area contributed by atoms with Crippen LogP contribution in [-0.2, 0) is 11.2 Å². The van der Waals surface area contributed by atoms with Gasteiger partial charge < -0.3 is 14.2 Å². The Hall–Kier alpha value is -2.55. The zero-order valence-corrected chi connectivity index (χ0v) is 18.8. The Morgan fingerprint density at radius 1 is 1.07 bits per heavy atom. The van der Waals surface area contributed by atoms with Crippen molar-refractivity contribution in [1.29, 1.82) is 0 Å². The summed E-state index contributed by atoms with van der Waals surface area (Å²) in [6, 6.07) is 10.4. The van der Waals surface area contributed by atoms with Gasteiger partial charge in [0.1, 0.15) is 10.8 Å². The molecule has 1 heterocycles. The minimum Gasteiger partial charge on any atom is -0.493 e. The summed E-state index contributed by atoms with van der Waals surface area (Å²) in [7, 11) is 3.17. The van der Waals surface area contributed by atoms with Crippen LogP contribution in [0.4, 0.5) is 5.13 Å². The van der Waals surface area contributed by atoms with Gasteiger partial charge in [-0.3, -0.25) is 10.1 Å². The molecule has 3 aromatic rings. The molecule has 158 valence electrons. The Morgan fingerprint density at radius 3 is 2.50 bits per heavy atom. The van der Waals surface area contributed by atoms with E-state index >= 15 is 0 Å². The van der Waals surface area contributed by atoms with Gasteiger partial charge in [0, 0.05) is 11.4 Å². The summed E-state index contributed by atoms with van der Waals surface area (Å²) in [6.07, 6.45) is -0.248. The Bertz CT molecular complexity index is 1040. The molecule has 1 amide bonds. The van der Waals surface area contributed by atoms with Crippen LogP contribution in [0.5, 0.6) is 17.2 Å². The molecule has 0 aliphatic heterocycles. The number of amides is 1. The number of hydrogen-bond donors (Lipinski definition) is 1. The SMILES string of the molecule is COc1ccc(Cc2nnc(NC(=O)C(C)Oc3ccc(Cl)cc3Cl)s2)cc1OC. The molecule has 0 spiro atoms. The third-order valence-electron chi connectivity index (χ3n) is 4.07. The van der Waals surface area contributed by atoms with Crippen LogP contribution in [0.15, 0.2) is 36.4 Å². The van der Waals surface area contributed by atoms with Crippen LogP contribution in [0.3, 0.4) is 0 Å². The third kappa shape index (κ3) is 5.53. The fraction of sp³-hybridized carbons (Fsp3) is 0.250. The van der Waals surface area contributed by atoms with Crippen LogP contribution in [0, 0.1) is 0 Å². The summed E-state index contributed by atoms with van der Waals surface area (Å²) in [5.41, 5.74) is 0.982. The number of anilines is 1. The molecule has 0 radical (unpaired) electrons. The van der Waals surface area contributed by atoms with Crippen molar-refractivity contribution in [2.24, 2.45) is 0 Å². The average Bonchev–Trinajstić information content (AvgIpc) is 3.16. The lowest BCUT2D eigenvalue weighted by Crippen LogP contribution is -2.30. The number of nitrogens with one attached hydrogen (secondary N) is 1. The van der Waals surface area contributed by atoms with Gasteiger partial charge in [0.25, 0.3) is 5.91 Å². The fourth-order valence-electron chi connectivity index (χ4n) is 2.56. The summed E-state index contributed by atoms with van der Waals surface area (Å²) >= 11 is 13.2. The predicted octanol–water partition coefficient (Wildman–Crippen LogP) is 4.86. The van der Waals surface area contributed by atoms with Crippen molar-refractivity contribution in [2.75, 3.05) is 19.5 Å². The van der Waals surface area contributed by atoms with E-state index < -0.39 is 6.10 Å². The molecule has 0 aliphatic rings. The van der Waals surface area contributed by atoms with E-state index in [1.54, 1.807) is 39.3 Å². The van der Waals surface area contributed by atoms with Crippen molar-refractivity contribution in [3.05, 3.63) is 57.0 Å². The second-order valence-corrected chi connectivity index (χ2v) is 8.10. The van der Waals surface area contributed by atoms with E-state index in [1.807, 2.05) is 18.2 Å². The first-order valence-electron chi connectivity index (χ1n) is 8.85. The van der Waals surface area contributed by atoms with Gasteiger partial charge in [-0.15, -0.1) is 10.2 Å². The van der Waals surface area contributed by atoms with E-state index in [1.165, 1.54) is 11.3 Å². The van der Waals surface area contributed by atoms with Crippen LogP contribution in [0.1, 0.15) is 17.5 Å². The van der Waals surface area contributed by atoms with Gasteiger partial charge in [-0.25, -0.2) is 0 Å². The topological polar surface area (TPSA) is 82.6 Å². The van der Waals surface area contributed by atoms with Crippen molar-refractivity contribution in [2.45, 2.75) is 19.4 Å². The highest BCUT2D eigenvalue weighted by Gasteiger charge is 2.18. The molecule has 0 saturated heterocycles. The summed E-state index contributed by atoms with van der Waals surface area (Å²) in [6.45, 7) is 1.62. The normalized spacial score (nSPS) is 11.6. The smallest absolute Gasteiger partial charge is 0.266 e. The van der Waals surface area contributed by atoms with E-state index in [0.29, 0.717) is 38.8 Å². The maximum Gasteiger partial charge on any atom is 0.266 e. The molecule has 0 saturated carbocycles. The average molecular weight is 468 g/mol. The highest BCUT2D eigenvalue weighted by atomic mass is 35.5. The predicted molar refractivity (Wildman–Crippen MR) is 117 cm³/mol. The fourth-order valence-corrected chi connectivity index (χ4v) is 3.79. The number of ether oxygens (including phenoxy) is 3. The highest BCUT2D eigenvalue weighted by Crippen LogP contribution is 2.30. The van der Waals surface area contributed by atoms with Crippen LogP contribution in [0.2, 0.25) is 10.0 Å². The van der Waals surface area contributed by atoms with Gasteiger partial charge >= 0.3 is 0 Å². The number of rotatable bonds is 8. The monoisotopic (exact) mass is 467 g/mol. The highest BCUT2D eigenvalue weighted by molar-refractivity contribution is 7.15. The number of methoxy groups -OCH3 is 2. The van der Waals surface area contributed by atoms with E-state index in [4.69, 9.17) is 37.4 Å². The summed E-state index contributed by atoms with van der Waals surface area (Å²) in [4.78, 5) is 12.4. The van der Waals surface area contributed by atoms with E-state index in [2.05, 4.69) is 15.5 Å². The lowest BCUT2D eigenvalue weighted by atomic mass is 10.1. The van der Waals surface area contributed by atoms with Gasteiger partial charge in [0.05, 0.1) is 19.2 Å². The van der Waals surface area contributed by atoms with Crippen LogP contribution in [0.25, 0.3) is 0 Å². The quantitative estimate of drug-likeness (QED) is 0.509. The number of halogens is 2. The first kappa shape index (κ1) is 22.1. The number of carbonyl (C=O) groups excluding carboxylic acids is 1. The number of hydrogen-bond acceptors (Lipinski definition) is 7. The summed E-state index contributed by atoms with van der Waals surface area (Å²) in [5, 5.41) is 12.8. The minimum absolute atomic E-state index is 0.329. The molecule has 2 aromatic carbocycles. The standard InChI is InChI=1S/C20H19Cl2N3O4S/c1-11(29-15-7-5-13(21)10-14(15)22)19(26)23-20-25-24-18(30-20)9-12-4-6-16(27-2)17(8-12)28-3/h4-8,10-11H,9H2,1-3H3,(H,23,25,26). The second-order valence-electron chi connectivity index (χ2n) is 6.19. The molecule has 30 heavy (non-hydrogen) atoms. The van der Waals surface area contributed by atoms with Crippen molar-refractivity contribution in [1.82, 2.24) is 10.2 Å². The number of benzene rings is 2. The molecular formula is C20H19Cl2N3O4S. The number of aromatic nitrogens is 2. The molecule has 0 aliphatic carbocycles. The minimum atomic E-state index is -0.790. The second kappa shape index (κ2) is 9.97. The Morgan fingerprint density at radius 2 is 1.80 bits per heavy atom. The Labute approximate surface area is 187 Å². The first-order valence-corrected chi connectivity index (χ1v) is 10.4. The maximum atomic E-state index is 12.4. The lowest BCUT2D eigenvalue weighted by molar-refractivity contribution is -0.122. The molecule has 0 fully saturated rings. The van der Waals surface area contributed by atoms with Crippen molar-refractivity contribution in [3.63, 3.8) is 0 Å². The molecule has 1 N–H and O–H groups in total. The third-order valence-corrected chi connectivity index (χ3v) is 5.44. The van der Waals surface area contributed by atoms with Crippen molar-refractivity contribution in [3.8, 4) is 17.2 Å². The van der Waals surface area contributed by atoms with E-state index in [0.717, 1.165) is 10.6 Å². The largest absolute Gasteiger partial charge is 0.493 e. The van der Waals surface area contributed by atoms with Crippen molar-refractivity contribution >= 4 is 45.6 Å². The number of nitrogens with zero attached hydrogens (tertiary/aromatic N) is 2. The first-order chi connectivity index (χ1) is 14.4. The van der Waals surface area contributed by atoms with Gasteiger partial charge in [-0.2, -0.15) is 0 Å². The zero-order chi connectivity index (χ0) is 21.7. The van der Waals surface area contributed by atoms with Crippen molar-refractivity contribution < 1.29 is 19.0 Å². The molecular weight excluding hydrogens is 449 g/mol. The lowest BCUT2D eigenvalue weighted by Gasteiger charge is -2.14. The molecule has 1 aromatic heterocycles. The summed E-state index contributed by atoms with van der Waals surface area (Å²) < 4.78 is 16.2. The van der Waals surface area contributed by atoms with Gasteiger partial charge in [0.2, 0.25) is 5.13 Å². The number of carbonyl (C=O) groups is 1. The molecule has 10 heteroatoms. The molecule has 7 nitrogen and oxygen atoms in total. The molecule has 1 unspecified atom stereocenters. The van der Waals surface area contributed by atoms with Gasteiger partial charge in [-0.1, -0.05) is 40.6 Å². The van der Waals surface area contributed by atoms with Crippen LogP contribution >= 0.6 is 34.5 Å². The van der Waals surface area contributed by atoms with Crippen LogP contribution in [-0.4, -0.2) is 36.4 Å². The molecule has 1 atom stereocenters. The Balaban J connectivity index is 1.61. The summed E-state index contributed by atoms with van der Waals surface area (Å²) in [5.74, 6) is 1.30. The Kier molecular flexibility index (Phi) is 7.36. The molecule has 3 rings (SSSR count). The van der Waals surface area contributed by atoms with Gasteiger partial charge in [-0.05, 0) is 42.8 Å². The molecule has 0 bridgehead atoms. The zero-order valence-electron chi connectivity index (χ0n) is 16.4. The van der Waals surface area contributed by atoms with E-state index in [9.17, 15) is 4.79 Å². The van der Waals surface area contributed by atoms with Gasteiger partial charge in [0.15, 0.2) is 17.6 Å². The van der Waals surface area contributed by atoms with Crippen LogP contribution < -0.4 is 19.5 Å².